The van der Waals surface area contributed by atoms with E-state index >= 15 is 0 Å². The lowest BCUT2D eigenvalue weighted by molar-refractivity contribution is 0.641. The van der Waals surface area contributed by atoms with Gasteiger partial charge in [-0.05, 0) is 0 Å². The SMILES string of the molecule is CN(C)C=NCC#N. The maximum Gasteiger partial charge on any atom is 0.127 e. The molecule has 0 radical (unpaired) electrons. The smallest absolute Gasteiger partial charge is 0.127 e. The van der Waals surface area contributed by atoms with E-state index in [9.17, 15) is 0 Å². The number of aliphatic imine (C=N–C) groups is 1. The van der Waals surface area contributed by atoms with Crippen LogP contribution in [0.3, 0.4) is 0 Å². The Morgan fingerprint density at radius 3 is 2.75 bits per heavy atom. The zero-order chi connectivity index (χ0) is 6.41. The Labute approximate surface area is 49.2 Å². The molecule has 0 amide bonds. The minimum Gasteiger partial charge on any atom is -0.369 e. The van der Waals surface area contributed by atoms with E-state index in [0.29, 0.717) is 0 Å². The molecule has 0 aromatic heterocycles. The molecule has 0 bridgehead atoms. The molecule has 0 heterocycles. The second kappa shape index (κ2) is 4.13. The van der Waals surface area contributed by atoms with Crippen LogP contribution in [0.1, 0.15) is 0 Å². The molecule has 0 aliphatic carbocycles. The molecule has 0 atom stereocenters. The molecule has 0 aromatic rings. The number of hydrogen-bond donors (Lipinski definition) is 0. The summed E-state index contributed by atoms with van der Waals surface area (Å²) in [5.41, 5.74) is 0. The van der Waals surface area contributed by atoms with E-state index in [2.05, 4.69) is 4.99 Å². The van der Waals surface area contributed by atoms with Crippen LogP contribution in [0.25, 0.3) is 0 Å². The Morgan fingerprint density at radius 2 is 2.38 bits per heavy atom. The van der Waals surface area contributed by atoms with Crippen LogP contribution in [0.4, 0.5) is 0 Å². The van der Waals surface area contributed by atoms with Gasteiger partial charge in [-0.1, -0.05) is 0 Å². The van der Waals surface area contributed by atoms with Crippen molar-refractivity contribution in [1.82, 2.24) is 4.90 Å². The van der Waals surface area contributed by atoms with Crippen LogP contribution in [0.2, 0.25) is 0 Å². The van der Waals surface area contributed by atoms with E-state index in [1.54, 1.807) is 11.2 Å². The molecular weight excluding hydrogens is 102 g/mol. The van der Waals surface area contributed by atoms with Crippen LogP contribution in [-0.2, 0) is 0 Å². The van der Waals surface area contributed by atoms with Crippen molar-refractivity contribution in [2.75, 3.05) is 20.6 Å². The maximum absolute atomic E-state index is 8.00. The first kappa shape index (κ1) is 6.96. The third-order valence-electron chi connectivity index (χ3n) is 0.475. The van der Waals surface area contributed by atoms with Crippen LogP contribution in [0.15, 0.2) is 4.99 Å². The lowest BCUT2D eigenvalue weighted by atomic mass is 10.7. The van der Waals surface area contributed by atoms with Gasteiger partial charge in [0.25, 0.3) is 0 Å². The molecule has 3 heteroatoms. The molecule has 0 aliphatic rings. The minimum absolute atomic E-state index is 0.248. The summed E-state index contributed by atoms with van der Waals surface area (Å²) in [6.07, 6.45) is 1.61. The van der Waals surface area contributed by atoms with Crippen LogP contribution in [0.5, 0.6) is 0 Å². The van der Waals surface area contributed by atoms with Gasteiger partial charge < -0.3 is 4.90 Å². The van der Waals surface area contributed by atoms with Gasteiger partial charge in [0.05, 0.1) is 12.4 Å². The topological polar surface area (TPSA) is 39.4 Å². The van der Waals surface area contributed by atoms with E-state index in [4.69, 9.17) is 5.26 Å². The van der Waals surface area contributed by atoms with Gasteiger partial charge in [0.2, 0.25) is 0 Å². The van der Waals surface area contributed by atoms with Crippen molar-refractivity contribution in [2.45, 2.75) is 0 Å². The summed E-state index contributed by atoms with van der Waals surface area (Å²) in [4.78, 5) is 5.52. The summed E-state index contributed by atoms with van der Waals surface area (Å²) in [5, 5.41) is 8.00. The Kier molecular flexibility index (Phi) is 3.59. The summed E-state index contributed by atoms with van der Waals surface area (Å²) < 4.78 is 0. The van der Waals surface area contributed by atoms with Crippen LogP contribution >= 0.6 is 0 Å². The van der Waals surface area contributed by atoms with E-state index in [1.165, 1.54) is 0 Å². The van der Waals surface area contributed by atoms with Gasteiger partial charge >= 0.3 is 0 Å². The van der Waals surface area contributed by atoms with Gasteiger partial charge in [-0.3, -0.25) is 4.99 Å². The second-order valence-corrected chi connectivity index (χ2v) is 1.58. The molecule has 44 valence electrons. The molecule has 3 nitrogen and oxygen atoms in total. The molecule has 0 rings (SSSR count). The number of hydrogen-bond acceptors (Lipinski definition) is 2. The molecular formula is C5H9N3. The van der Waals surface area contributed by atoms with E-state index in [-0.39, 0.29) is 6.54 Å². The van der Waals surface area contributed by atoms with Gasteiger partial charge in [-0.25, -0.2) is 0 Å². The van der Waals surface area contributed by atoms with Crippen LogP contribution in [0, 0.1) is 11.3 Å². The Balaban J connectivity index is 3.23. The number of nitrogens with zero attached hydrogens (tertiary/aromatic N) is 3. The molecule has 0 spiro atoms. The summed E-state index contributed by atoms with van der Waals surface area (Å²) in [5.74, 6) is 0. The Bertz CT molecular complexity index is 109. The Hall–Kier alpha value is -1.04. The van der Waals surface area contributed by atoms with Crippen molar-refractivity contribution in [3.8, 4) is 6.07 Å². The van der Waals surface area contributed by atoms with Gasteiger partial charge in [-0.2, -0.15) is 5.26 Å². The highest BCUT2D eigenvalue weighted by molar-refractivity contribution is 5.53. The molecule has 0 N–H and O–H groups in total. The third kappa shape index (κ3) is 4.96. The summed E-state index contributed by atoms with van der Waals surface area (Å²) in [6.45, 7) is 0.248. The standard InChI is InChI=1S/C5H9N3/c1-8(2)5-7-4-3-6/h5H,4H2,1-2H3. The fraction of sp³-hybridized carbons (Fsp3) is 0.600. The van der Waals surface area contributed by atoms with Crippen molar-refractivity contribution >= 4 is 6.34 Å². The molecule has 0 fully saturated rings. The van der Waals surface area contributed by atoms with Crippen molar-refractivity contribution in [3.63, 3.8) is 0 Å². The Morgan fingerprint density at radius 1 is 1.75 bits per heavy atom. The summed E-state index contributed by atoms with van der Waals surface area (Å²) in [7, 11) is 3.72. The number of rotatable bonds is 2. The predicted molar refractivity (Wildman–Crippen MR) is 32.7 cm³/mol. The molecule has 8 heavy (non-hydrogen) atoms. The summed E-state index contributed by atoms with van der Waals surface area (Å²) >= 11 is 0. The zero-order valence-corrected chi connectivity index (χ0v) is 5.13. The highest BCUT2D eigenvalue weighted by Crippen LogP contribution is 1.66. The van der Waals surface area contributed by atoms with Gasteiger partial charge in [0.15, 0.2) is 0 Å². The highest BCUT2D eigenvalue weighted by Gasteiger charge is 1.73. The first-order valence-corrected chi connectivity index (χ1v) is 2.30. The van der Waals surface area contributed by atoms with Crippen molar-refractivity contribution < 1.29 is 0 Å². The molecule has 0 saturated heterocycles. The fourth-order valence-corrected chi connectivity index (χ4v) is 0.245. The molecule has 0 saturated carbocycles. The van der Waals surface area contributed by atoms with Crippen molar-refractivity contribution in [1.29, 1.82) is 5.26 Å². The predicted octanol–water partition coefficient (Wildman–Crippen LogP) is 0.0999. The fourth-order valence-electron chi connectivity index (χ4n) is 0.245. The highest BCUT2D eigenvalue weighted by atomic mass is 15.1. The minimum atomic E-state index is 0.248. The van der Waals surface area contributed by atoms with Gasteiger partial charge in [0.1, 0.15) is 6.54 Å². The first-order valence-electron chi connectivity index (χ1n) is 2.30. The summed E-state index contributed by atoms with van der Waals surface area (Å²) in [6, 6.07) is 1.90. The van der Waals surface area contributed by atoms with Crippen molar-refractivity contribution in [2.24, 2.45) is 4.99 Å². The number of nitriles is 1. The maximum atomic E-state index is 8.00. The molecule has 0 aromatic carbocycles. The third-order valence-corrected chi connectivity index (χ3v) is 0.475. The van der Waals surface area contributed by atoms with Crippen molar-refractivity contribution in [3.05, 3.63) is 0 Å². The molecule has 0 unspecified atom stereocenters. The van der Waals surface area contributed by atoms with Crippen LogP contribution < -0.4 is 0 Å². The van der Waals surface area contributed by atoms with Crippen LogP contribution in [-0.4, -0.2) is 31.9 Å². The monoisotopic (exact) mass is 111 g/mol. The van der Waals surface area contributed by atoms with Gasteiger partial charge in [0, 0.05) is 14.1 Å². The zero-order valence-electron chi connectivity index (χ0n) is 5.13. The average Bonchev–Trinajstić information content (AvgIpc) is 1.66. The van der Waals surface area contributed by atoms with E-state index < -0.39 is 0 Å². The average molecular weight is 111 g/mol. The lowest BCUT2D eigenvalue weighted by Crippen LogP contribution is -2.07. The second-order valence-electron chi connectivity index (χ2n) is 1.58. The van der Waals surface area contributed by atoms with E-state index in [0.717, 1.165) is 0 Å². The lowest BCUT2D eigenvalue weighted by Gasteiger charge is -1.99. The van der Waals surface area contributed by atoms with E-state index in [1.807, 2.05) is 20.2 Å². The quantitative estimate of drug-likeness (QED) is 0.288. The largest absolute Gasteiger partial charge is 0.369 e. The first-order chi connectivity index (χ1) is 3.77. The molecule has 0 aliphatic heterocycles. The van der Waals surface area contributed by atoms with Gasteiger partial charge in [-0.15, -0.1) is 0 Å². The normalized spacial score (nSPS) is 9.12.